The first-order chi connectivity index (χ1) is 9.51. The predicted octanol–water partition coefficient (Wildman–Crippen LogP) is 3.78. The third-order valence-electron chi connectivity index (χ3n) is 2.56. The topological polar surface area (TPSA) is 67.1 Å². The molecule has 4 nitrogen and oxygen atoms in total. The summed E-state index contributed by atoms with van der Waals surface area (Å²) >= 11 is 9.09. The Kier molecular flexibility index (Phi) is 4.59. The van der Waals surface area contributed by atoms with Crippen molar-refractivity contribution in [3.63, 3.8) is 0 Å². The zero-order valence-electron chi connectivity index (χ0n) is 10.1. The minimum atomic E-state index is -0.452. The molecule has 0 spiro atoms. The van der Waals surface area contributed by atoms with Gasteiger partial charge in [-0.15, -0.1) is 0 Å². The highest BCUT2D eigenvalue weighted by atomic mass is 79.9. The molecule has 2 rings (SSSR count). The van der Waals surface area contributed by atoms with E-state index in [1.165, 1.54) is 24.3 Å². The van der Waals surface area contributed by atoms with Gasteiger partial charge in [-0.2, -0.15) is 0 Å². The van der Waals surface area contributed by atoms with Crippen LogP contribution < -0.4 is 16.6 Å². The lowest BCUT2D eigenvalue weighted by Crippen LogP contribution is -2.17. The molecule has 4 N–H and O–H groups in total. The highest BCUT2D eigenvalue weighted by Crippen LogP contribution is 2.26. The van der Waals surface area contributed by atoms with Gasteiger partial charge in [-0.25, -0.2) is 4.39 Å². The maximum Gasteiger partial charge on any atom is 0.257 e. The summed E-state index contributed by atoms with van der Waals surface area (Å²) in [4.78, 5) is 12.2. The van der Waals surface area contributed by atoms with E-state index in [-0.39, 0.29) is 5.56 Å². The Bertz CT molecular complexity index is 666. The van der Waals surface area contributed by atoms with Gasteiger partial charge in [0.05, 0.1) is 16.9 Å². The molecule has 0 aliphatic rings. The van der Waals surface area contributed by atoms with Gasteiger partial charge in [-0.3, -0.25) is 10.6 Å². The van der Waals surface area contributed by atoms with E-state index in [2.05, 4.69) is 26.7 Å². The number of carbonyl (C=O) groups is 1. The van der Waals surface area contributed by atoms with Crippen LogP contribution in [0.15, 0.2) is 40.9 Å². The summed E-state index contributed by atoms with van der Waals surface area (Å²) in [5, 5.41) is 2.99. The zero-order valence-corrected chi connectivity index (χ0v) is 12.4. The molecule has 20 heavy (non-hydrogen) atoms. The van der Waals surface area contributed by atoms with Crippen LogP contribution in [0.25, 0.3) is 0 Å². The second-order valence-electron chi connectivity index (χ2n) is 3.91. The van der Waals surface area contributed by atoms with E-state index in [0.717, 1.165) is 0 Å². The summed E-state index contributed by atoms with van der Waals surface area (Å²) in [5.74, 6) is 4.44. The van der Waals surface area contributed by atoms with E-state index < -0.39 is 11.7 Å². The SMILES string of the molecule is NNc1ccc(Cl)cc1C(=O)Nc1cc(F)ccc1Br. The van der Waals surface area contributed by atoms with Gasteiger partial charge in [0.2, 0.25) is 0 Å². The number of hydrogen-bond donors (Lipinski definition) is 3. The average molecular weight is 359 g/mol. The molecule has 0 saturated heterocycles. The van der Waals surface area contributed by atoms with Gasteiger partial charge in [-0.05, 0) is 52.3 Å². The normalized spacial score (nSPS) is 10.2. The molecule has 104 valence electrons. The number of anilines is 2. The molecule has 0 saturated carbocycles. The van der Waals surface area contributed by atoms with Gasteiger partial charge in [0.25, 0.3) is 5.91 Å². The van der Waals surface area contributed by atoms with Crippen LogP contribution in [0.1, 0.15) is 10.4 Å². The van der Waals surface area contributed by atoms with E-state index >= 15 is 0 Å². The number of nitrogen functional groups attached to an aromatic ring is 1. The molecular weight excluding hydrogens is 349 g/mol. The summed E-state index contributed by atoms with van der Waals surface area (Å²) in [6.45, 7) is 0. The van der Waals surface area contributed by atoms with Crippen LogP contribution in [0.2, 0.25) is 5.02 Å². The Balaban J connectivity index is 2.32. The lowest BCUT2D eigenvalue weighted by molar-refractivity contribution is 0.102. The smallest absolute Gasteiger partial charge is 0.257 e. The van der Waals surface area contributed by atoms with Gasteiger partial charge in [-0.1, -0.05) is 11.6 Å². The summed E-state index contributed by atoms with van der Waals surface area (Å²) in [5.41, 5.74) is 3.40. The van der Waals surface area contributed by atoms with Crippen molar-refractivity contribution in [3.05, 3.63) is 57.3 Å². The summed E-state index contributed by atoms with van der Waals surface area (Å²) in [6, 6.07) is 8.65. The average Bonchev–Trinajstić information content (AvgIpc) is 2.42. The van der Waals surface area contributed by atoms with Gasteiger partial charge in [0.15, 0.2) is 0 Å². The van der Waals surface area contributed by atoms with E-state index in [9.17, 15) is 9.18 Å². The quantitative estimate of drug-likeness (QED) is 0.578. The molecule has 0 aliphatic heterocycles. The monoisotopic (exact) mass is 357 g/mol. The molecule has 0 aromatic heterocycles. The van der Waals surface area contributed by atoms with Crippen molar-refractivity contribution in [2.45, 2.75) is 0 Å². The largest absolute Gasteiger partial charge is 0.323 e. The van der Waals surface area contributed by atoms with Crippen LogP contribution in [0.4, 0.5) is 15.8 Å². The third kappa shape index (κ3) is 3.27. The van der Waals surface area contributed by atoms with Crippen LogP contribution in [-0.2, 0) is 0 Å². The first kappa shape index (κ1) is 14.8. The van der Waals surface area contributed by atoms with E-state index in [1.807, 2.05) is 0 Å². The predicted molar refractivity (Wildman–Crippen MR) is 81.3 cm³/mol. The maximum absolute atomic E-state index is 13.2. The van der Waals surface area contributed by atoms with Gasteiger partial charge < -0.3 is 10.7 Å². The number of carbonyl (C=O) groups excluding carboxylic acids is 1. The van der Waals surface area contributed by atoms with Gasteiger partial charge in [0, 0.05) is 9.50 Å². The van der Waals surface area contributed by atoms with Crippen molar-refractivity contribution >= 4 is 44.8 Å². The number of hydrazine groups is 1. The molecule has 0 aliphatic carbocycles. The summed E-state index contributed by atoms with van der Waals surface area (Å²) in [6.07, 6.45) is 0. The molecule has 0 atom stereocenters. The van der Waals surface area contributed by atoms with Crippen LogP contribution >= 0.6 is 27.5 Å². The van der Waals surface area contributed by atoms with Gasteiger partial charge in [0.1, 0.15) is 5.82 Å². The number of halogens is 3. The van der Waals surface area contributed by atoms with Crippen LogP contribution in [0, 0.1) is 5.82 Å². The Morgan fingerprint density at radius 1 is 1.20 bits per heavy atom. The van der Waals surface area contributed by atoms with E-state index in [1.54, 1.807) is 12.1 Å². The Morgan fingerprint density at radius 2 is 1.95 bits per heavy atom. The highest BCUT2D eigenvalue weighted by Gasteiger charge is 2.13. The molecule has 0 unspecified atom stereocenters. The molecule has 2 aromatic rings. The molecule has 1 amide bonds. The van der Waals surface area contributed by atoms with Crippen LogP contribution in [0.5, 0.6) is 0 Å². The minimum Gasteiger partial charge on any atom is -0.323 e. The van der Waals surface area contributed by atoms with Crippen molar-refractivity contribution in [3.8, 4) is 0 Å². The molecular formula is C13H10BrClFN3O. The number of nitrogens with two attached hydrogens (primary N) is 1. The second kappa shape index (κ2) is 6.21. The van der Waals surface area contributed by atoms with Crippen molar-refractivity contribution in [2.75, 3.05) is 10.7 Å². The number of rotatable bonds is 3. The van der Waals surface area contributed by atoms with Crippen LogP contribution in [-0.4, -0.2) is 5.91 Å². The second-order valence-corrected chi connectivity index (χ2v) is 5.20. The zero-order chi connectivity index (χ0) is 14.7. The standard InChI is InChI=1S/C13H10BrClFN3O/c14-10-3-2-8(16)6-12(10)18-13(20)9-5-7(15)1-4-11(9)19-17/h1-6,19H,17H2,(H,18,20). The fourth-order valence-electron chi connectivity index (χ4n) is 1.61. The fraction of sp³-hybridized carbons (Fsp3) is 0. The molecule has 7 heteroatoms. The number of benzene rings is 2. The fourth-order valence-corrected chi connectivity index (χ4v) is 2.13. The van der Waals surface area contributed by atoms with Crippen molar-refractivity contribution in [2.24, 2.45) is 5.84 Å². The molecule has 0 fully saturated rings. The molecule has 2 aromatic carbocycles. The van der Waals surface area contributed by atoms with Crippen molar-refractivity contribution < 1.29 is 9.18 Å². The first-order valence-electron chi connectivity index (χ1n) is 5.54. The van der Waals surface area contributed by atoms with E-state index in [4.69, 9.17) is 17.4 Å². The number of hydrogen-bond acceptors (Lipinski definition) is 3. The lowest BCUT2D eigenvalue weighted by atomic mass is 10.1. The Hall–Kier alpha value is -1.63. The van der Waals surface area contributed by atoms with Gasteiger partial charge >= 0.3 is 0 Å². The highest BCUT2D eigenvalue weighted by molar-refractivity contribution is 9.10. The molecule has 0 bridgehead atoms. The minimum absolute atomic E-state index is 0.260. The first-order valence-corrected chi connectivity index (χ1v) is 6.71. The molecule has 0 heterocycles. The summed E-state index contributed by atoms with van der Waals surface area (Å²) < 4.78 is 13.8. The Morgan fingerprint density at radius 3 is 2.65 bits per heavy atom. The van der Waals surface area contributed by atoms with Crippen LogP contribution in [0.3, 0.4) is 0 Å². The van der Waals surface area contributed by atoms with Crippen molar-refractivity contribution in [1.82, 2.24) is 0 Å². The lowest BCUT2D eigenvalue weighted by Gasteiger charge is -2.11. The number of nitrogens with one attached hydrogen (secondary N) is 2. The Labute approximate surface area is 128 Å². The number of amides is 1. The third-order valence-corrected chi connectivity index (χ3v) is 3.48. The summed E-state index contributed by atoms with van der Waals surface area (Å²) in [7, 11) is 0. The maximum atomic E-state index is 13.2. The van der Waals surface area contributed by atoms with E-state index in [0.29, 0.717) is 20.9 Å². The molecule has 0 radical (unpaired) electrons. The van der Waals surface area contributed by atoms with Crippen molar-refractivity contribution in [1.29, 1.82) is 0 Å².